The summed E-state index contributed by atoms with van der Waals surface area (Å²) in [5.74, 6) is -0.484. The summed E-state index contributed by atoms with van der Waals surface area (Å²) < 4.78 is 5.67. The van der Waals surface area contributed by atoms with Crippen LogP contribution in [0.3, 0.4) is 0 Å². The molecule has 0 saturated heterocycles. The summed E-state index contributed by atoms with van der Waals surface area (Å²) >= 11 is 0. The van der Waals surface area contributed by atoms with Crippen molar-refractivity contribution in [1.29, 1.82) is 0 Å². The van der Waals surface area contributed by atoms with Gasteiger partial charge in [0.25, 0.3) is 0 Å². The number of nitrogens with zero attached hydrogens (tertiary/aromatic N) is 1. The van der Waals surface area contributed by atoms with Gasteiger partial charge < -0.3 is 14.7 Å². The molecule has 1 saturated carbocycles. The first-order valence-corrected chi connectivity index (χ1v) is 7.84. The van der Waals surface area contributed by atoms with Crippen molar-refractivity contribution in [3.8, 4) is 5.75 Å². The van der Waals surface area contributed by atoms with Crippen molar-refractivity contribution in [2.75, 3.05) is 20.2 Å². The molecule has 0 atom stereocenters. The normalized spacial score (nSPS) is 16.7. The van der Waals surface area contributed by atoms with Gasteiger partial charge in [0.2, 0.25) is 0 Å². The van der Waals surface area contributed by atoms with Gasteiger partial charge in [-0.3, -0.25) is 0 Å². The van der Waals surface area contributed by atoms with Crippen LogP contribution < -0.4 is 4.74 Å². The molecule has 4 nitrogen and oxygen atoms in total. The number of likely N-dealkylation sites (N-methyl/N-ethyl adjacent to an activating group) is 1. The minimum atomic E-state index is -0.942. The first-order chi connectivity index (χ1) is 10.2. The van der Waals surface area contributed by atoms with Gasteiger partial charge in [-0.15, -0.1) is 0 Å². The number of aromatic carboxylic acids is 1. The van der Waals surface area contributed by atoms with Crippen LogP contribution in [-0.2, 0) is 0 Å². The second-order valence-electron chi connectivity index (χ2n) is 5.78. The molecule has 4 heteroatoms. The number of carboxylic acids is 1. The van der Waals surface area contributed by atoms with Crippen LogP contribution in [-0.4, -0.2) is 42.2 Å². The Morgan fingerprint density at radius 2 is 1.90 bits per heavy atom. The number of carbonyl (C=O) groups is 1. The molecule has 0 aromatic heterocycles. The number of rotatable bonds is 6. The maximum Gasteiger partial charge on any atom is 0.339 e. The third-order valence-electron chi connectivity index (χ3n) is 4.27. The largest absolute Gasteiger partial charge is 0.491 e. The molecule has 0 radical (unpaired) electrons. The highest BCUT2D eigenvalue weighted by molar-refractivity contribution is 5.90. The van der Waals surface area contributed by atoms with E-state index >= 15 is 0 Å². The average Bonchev–Trinajstić information content (AvgIpc) is 2.76. The Kier molecular flexibility index (Phi) is 6.05. The fraction of sp³-hybridized carbons (Fsp3) is 0.588. The van der Waals surface area contributed by atoms with Crippen LogP contribution >= 0.6 is 0 Å². The Bertz CT molecular complexity index is 453. The first-order valence-electron chi connectivity index (χ1n) is 7.84. The number of ether oxygens (including phenoxy) is 1. The van der Waals surface area contributed by atoms with Gasteiger partial charge in [-0.1, -0.05) is 37.8 Å². The molecule has 1 aliphatic carbocycles. The van der Waals surface area contributed by atoms with Gasteiger partial charge in [0.1, 0.15) is 17.9 Å². The number of hydrogen-bond donors (Lipinski definition) is 1. The number of benzene rings is 1. The SMILES string of the molecule is CN(CCOc1ccccc1C(=O)O)C1CCCCCC1. The smallest absolute Gasteiger partial charge is 0.339 e. The standard InChI is InChI=1S/C17H25NO3/c1-18(14-8-4-2-3-5-9-14)12-13-21-16-11-7-6-10-15(16)17(19)20/h6-7,10-11,14H,2-5,8-9,12-13H2,1H3,(H,19,20). The molecule has 1 aromatic carbocycles. The fourth-order valence-corrected chi connectivity index (χ4v) is 2.95. The maximum atomic E-state index is 11.1. The average molecular weight is 291 g/mol. The van der Waals surface area contributed by atoms with Crippen LogP contribution in [0.1, 0.15) is 48.9 Å². The lowest BCUT2D eigenvalue weighted by Gasteiger charge is -2.27. The van der Waals surface area contributed by atoms with Crippen molar-refractivity contribution in [1.82, 2.24) is 4.90 Å². The second-order valence-corrected chi connectivity index (χ2v) is 5.78. The molecule has 0 heterocycles. The van der Waals surface area contributed by atoms with E-state index in [1.54, 1.807) is 24.3 Å². The summed E-state index contributed by atoms with van der Waals surface area (Å²) in [6.07, 6.45) is 7.87. The van der Waals surface area contributed by atoms with E-state index in [4.69, 9.17) is 9.84 Å². The summed E-state index contributed by atoms with van der Waals surface area (Å²) in [6.45, 7) is 1.36. The summed E-state index contributed by atoms with van der Waals surface area (Å²) in [7, 11) is 2.14. The molecule has 1 N–H and O–H groups in total. The van der Waals surface area contributed by atoms with E-state index < -0.39 is 5.97 Å². The van der Waals surface area contributed by atoms with Crippen LogP contribution in [0.5, 0.6) is 5.75 Å². The fourth-order valence-electron chi connectivity index (χ4n) is 2.95. The lowest BCUT2D eigenvalue weighted by atomic mass is 10.1. The lowest BCUT2D eigenvalue weighted by molar-refractivity contribution is 0.0691. The van der Waals surface area contributed by atoms with Crippen molar-refractivity contribution in [3.05, 3.63) is 29.8 Å². The van der Waals surface area contributed by atoms with Crippen LogP contribution in [0.25, 0.3) is 0 Å². The molecule has 2 rings (SSSR count). The van der Waals surface area contributed by atoms with E-state index in [0.717, 1.165) is 6.54 Å². The quantitative estimate of drug-likeness (QED) is 0.816. The molecule has 0 bridgehead atoms. The highest BCUT2D eigenvalue weighted by atomic mass is 16.5. The van der Waals surface area contributed by atoms with Crippen LogP contribution in [0.4, 0.5) is 0 Å². The van der Waals surface area contributed by atoms with Crippen molar-refractivity contribution < 1.29 is 14.6 Å². The first kappa shape index (κ1) is 15.8. The number of para-hydroxylation sites is 1. The minimum absolute atomic E-state index is 0.231. The number of carboxylic acid groups (broad SMARTS) is 1. The van der Waals surface area contributed by atoms with Crippen molar-refractivity contribution in [3.63, 3.8) is 0 Å². The van der Waals surface area contributed by atoms with Gasteiger partial charge in [-0.05, 0) is 32.0 Å². The van der Waals surface area contributed by atoms with E-state index in [1.165, 1.54) is 38.5 Å². The molecule has 1 aromatic rings. The van der Waals surface area contributed by atoms with Crippen LogP contribution in [0.15, 0.2) is 24.3 Å². The zero-order chi connectivity index (χ0) is 15.1. The van der Waals surface area contributed by atoms with Gasteiger partial charge in [0.15, 0.2) is 0 Å². The topological polar surface area (TPSA) is 49.8 Å². The Labute approximate surface area is 126 Å². The molecule has 0 aliphatic heterocycles. The highest BCUT2D eigenvalue weighted by Crippen LogP contribution is 2.21. The van der Waals surface area contributed by atoms with E-state index in [2.05, 4.69) is 11.9 Å². The van der Waals surface area contributed by atoms with Crippen LogP contribution in [0.2, 0.25) is 0 Å². The van der Waals surface area contributed by atoms with Gasteiger partial charge in [0, 0.05) is 12.6 Å². The monoisotopic (exact) mass is 291 g/mol. The number of hydrogen-bond acceptors (Lipinski definition) is 3. The highest BCUT2D eigenvalue weighted by Gasteiger charge is 2.17. The van der Waals surface area contributed by atoms with E-state index in [9.17, 15) is 4.79 Å². The zero-order valence-electron chi connectivity index (χ0n) is 12.8. The Morgan fingerprint density at radius 1 is 1.24 bits per heavy atom. The Morgan fingerprint density at radius 3 is 2.57 bits per heavy atom. The Balaban J connectivity index is 1.82. The minimum Gasteiger partial charge on any atom is -0.491 e. The summed E-state index contributed by atoms with van der Waals surface area (Å²) in [4.78, 5) is 13.5. The van der Waals surface area contributed by atoms with E-state index in [1.807, 2.05) is 0 Å². The van der Waals surface area contributed by atoms with Gasteiger partial charge in [-0.2, -0.15) is 0 Å². The van der Waals surface area contributed by atoms with Gasteiger partial charge in [0.05, 0.1) is 0 Å². The van der Waals surface area contributed by atoms with E-state index in [-0.39, 0.29) is 5.56 Å². The second kappa shape index (κ2) is 8.03. The lowest BCUT2D eigenvalue weighted by Crippen LogP contribution is -2.34. The summed E-state index contributed by atoms with van der Waals surface area (Å²) in [5.41, 5.74) is 0.231. The van der Waals surface area contributed by atoms with Crippen molar-refractivity contribution in [2.24, 2.45) is 0 Å². The molecule has 21 heavy (non-hydrogen) atoms. The predicted molar refractivity (Wildman–Crippen MR) is 83.0 cm³/mol. The van der Waals surface area contributed by atoms with Crippen LogP contribution in [0, 0.1) is 0 Å². The third-order valence-corrected chi connectivity index (χ3v) is 4.27. The third kappa shape index (κ3) is 4.74. The molecule has 1 aliphatic rings. The van der Waals surface area contributed by atoms with Crippen molar-refractivity contribution in [2.45, 2.75) is 44.6 Å². The summed E-state index contributed by atoms with van der Waals surface area (Å²) in [5, 5.41) is 9.12. The summed E-state index contributed by atoms with van der Waals surface area (Å²) in [6, 6.07) is 7.46. The van der Waals surface area contributed by atoms with Gasteiger partial charge in [-0.25, -0.2) is 4.79 Å². The molecule has 0 spiro atoms. The van der Waals surface area contributed by atoms with Crippen molar-refractivity contribution >= 4 is 5.97 Å². The predicted octanol–water partition coefficient (Wildman–Crippen LogP) is 3.42. The molecule has 0 amide bonds. The molecule has 0 unspecified atom stereocenters. The maximum absolute atomic E-state index is 11.1. The molecular formula is C17H25NO3. The molecular weight excluding hydrogens is 266 g/mol. The molecule has 116 valence electrons. The Hall–Kier alpha value is -1.55. The van der Waals surface area contributed by atoms with E-state index in [0.29, 0.717) is 18.4 Å². The van der Waals surface area contributed by atoms with Gasteiger partial charge >= 0.3 is 5.97 Å². The molecule has 1 fully saturated rings. The zero-order valence-corrected chi connectivity index (χ0v) is 12.8.